The largest absolute Gasteiger partial charge is 0.416 e. The second-order valence-corrected chi connectivity index (χ2v) is 9.46. The predicted molar refractivity (Wildman–Crippen MR) is 130 cm³/mol. The van der Waals surface area contributed by atoms with E-state index < -0.39 is 17.8 Å². The number of rotatable bonds is 5. The number of halogens is 3. The van der Waals surface area contributed by atoms with Crippen LogP contribution < -0.4 is 5.32 Å². The standard InChI is InChI=1S/C27H30F3N3O4/c1-18-3-2-4-21(17-18)24(34)31-23(26(36)33-13-15-37-16-14-33)19-9-11-32(12-10-19)25(35)20-5-7-22(8-6-20)27(28,29)30/h2-8,17,19,23H,9-16H2,1H3,(H,31,34). The Morgan fingerprint density at radius 2 is 1.57 bits per heavy atom. The van der Waals surface area contributed by atoms with Crippen LogP contribution in [0.1, 0.15) is 44.7 Å². The summed E-state index contributed by atoms with van der Waals surface area (Å²) in [6, 6.07) is 10.5. The number of hydrogen-bond donors (Lipinski definition) is 1. The maximum absolute atomic E-state index is 13.5. The quantitative estimate of drug-likeness (QED) is 0.659. The molecule has 0 saturated carbocycles. The van der Waals surface area contributed by atoms with Gasteiger partial charge < -0.3 is 19.9 Å². The smallest absolute Gasteiger partial charge is 0.378 e. The van der Waals surface area contributed by atoms with Crippen LogP contribution in [0.4, 0.5) is 13.2 Å². The fourth-order valence-corrected chi connectivity index (χ4v) is 4.79. The molecule has 2 fully saturated rings. The Kier molecular flexibility index (Phi) is 8.16. The number of morpholine rings is 1. The number of nitrogens with one attached hydrogen (secondary N) is 1. The van der Waals surface area contributed by atoms with Crippen LogP contribution >= 0.6 is 0 Å². The summed E-state index contributed by atoms with van der Waals surface area (Å²) in [4.78, 5) is 42.7. The summed E-state index contributed by atoms with van der Waals surface area (Å²) in [6.45, 7) is 4.31. The van der Waals surface area contributed by atoms with Crippen LogP contribution in [-0.4, -0.2) is 73.0 Å². The van der Waals surface area contributed by atoms with E-state index in [2.05, 4.69) is 5.32 Å². The highest BCUT2D eigenvalue weighted by molar-refractivity contribution is 5.98. The molecule has 0 aromatic heterocycles. The molecule has 4 rings (SSSR count). The Bertz CT molecular complexity index is 1120. The third-order valence-electron chi connectivity index (χ3n) is 6.91. The zero-order chi connectivity index (χ0) is 26.6. The van der Waals surface area contributed by atoms with Crippen molar-refractivity contribution >= 4 is 17.7 Å². The van der Waals surface area contributed by atoms with E-state index in [9.17, 15) is 27.6 Å². The van der Waals surface area contributed by atoms with E-state index in [0.717, 1.165) is 17.7 Å². The lowest BCUT2D eigenvalue weighted by molar-refractivity contribution is -0.139. The molecule has 2 saturated heterocycles. The molecule has 0 spiro atoms. The van der Waals surface area contributed by atoms with Gasteiger partial charge in [-0.2, -0.15) is 13.2 Å². The minimum Gasteiger partial charge on any atom is -0.378 e. The molecule has 1 unspecified atom stereocenters. The van der Waals surface area contributed by atoms with Gasteiger partial charge in [0.1, 0.15) is 6.04 Å². The summed E-state index contributed by atoms with van der Waals surface area (Å²) < 4.78 is 43.9. The molecule has 3 amide bonds. The number of aryl methyl sites for hydroxylation is 1. The van der Waals surface area contributed by atoms with E-state index in [1.807, 2.05) is 13.0 Å². The number of piperidine rings is 1. The summed E-state index contributed by atoms with van der Waals surface area (Å²) in [5, 5.41) is 2.94. The van der Waals surface area contributed by atoms with Gasteiger partial charge >= 0.3 is 6.18 Å². The molecule has 1 atom stereocenters. The number of ether oxygens (including phenoxy) is 1. The van der Waals surface area contributed by atoms with E-state index in [1.54, 1.807) is 28.0 Å². The van der Waals surface area contributed by atoms with Crippen molar-refractivity contribution in [1.29, 1.82) is 0 Å². The van der Waals surface area contributed by atoms with Crippen molar-refractivity contribution in [2.75, 3.05) is 39.4 Å². The zero-order valence-electron chi connectivity index (χ0n) is 20.6. The monoisotopic (exact) mass is 517 g/mol. The number of carbonyl (C=O) groups excluding carboxylic acids is 3. The topological polar surface area (TPSA) is 79.0 Å². The van der Waals surface area contributed by atoms with Gasteiger partial charge in [-0.05, 0) is 62.1 Å². The van der Waals surface area contributed by atoms with Crippen LogP contribution in [0.5, 0.6) is 0 Å². The highest BCUT2D eigenvalue weighted by Crippen LogP contribution is 2.30. The fourth-order valence-electron chi connectivity index (χ4n) is 4.79. The molecule has 2 aliphatic rings. The summed E-state index contributed by atoms with van der Waals surface area (Å²) in [7, 11) is 0. The minimum absolute atomic E-state index is 0.170. The lowest BCUT2D eigenvalue weighted by Crippen LogP contribution is -2.56. The summed E-state index contributed by atoms with van der Waals surface area (Å²) in [5.41, 5.74) is 0.769. The average Bonchev–Trinajstić information content (AvgIpc) is 2.91. The predicted octanol–water partition coefficient (Wildman–Crippen LogP) is 3.52. The molecule has 10 heteroatoms. The van der Waals surface area contributed by atoms with Crippen molar-refractivity contribution < 1.29 is 32.3 Å². The van der Waals surface area contributed by atoms with Gasteiger partial charge in [-0.1, -0.05) is 17.7 Å². The van der Waals surface area contributed by atoms with Crippen molar-refractivity contribution in [3.63, 3.8) is 0 Å². The average molecular weight is 518 g/mol. The number of hydrogen-bond acceptors (Lipinski definition) is 4. The van der Waals surface area contributed by atoms with Crippen molar-refractivity contribution in [3.8, 4) is 0 Å². The minimum atomic E-state index is -4.47. The highest BCUT2D eigenvalue weighted by Gasteiger charge is 2.37. The zero-order valence-corrected chi connectivity index (χ0v) is 20.6. The van der Waals surface area contributed by atoms with E-state index in [1.165, 1.54) is 12.1 Å². The molecule has 2 aromatic carbocycles. The Hall–Kier alpha value is -3.40. The Morgan fingerprint density at radius 3 is 2.16 bits per heavy atom. The number of carbonyl (C=O) groups is 3. The van der Waals surface area contributed by atoms with Gasteiger partial charge in [0.25, 0.3) is 11.8 Å². The van der Waals surface area contributed by atoms with Crippen LogP contribution in [0.2, 0.25) is 0 Å². The Morgan fingerprint density at radius 1 is 0.919 bits per heavy atom. The van der Waals surface area contributed by atoms with Gasteiger partial charge in [0.2, 0.25) is 5.91 Å². The fraction of sp³-hybridized carbons (Fsp3) is 0.444. The first kappa shape index (κ1) is 26.7. The molecular weight excluding hydrogens is 487 g/mol. The van der Waals surface area contributed by atoms with E-state index in [4.69, 9.17) is 4.74 Å². The molecule has 0 bridgehead atoms. The molecular formula is C27H30F3N3O4. The lowest BCUT2D eigenvalue weighted by Gasteiger charge is -2.38. The van der Waals surface area contributed by atoms with E-state index >= 15 is 0 Å². The number of alkyl halides is 3. The number of amides is 3. The van der Waals surface area contributed by atoms with Gasteiger partial charge in [-0.15, -0.1) is 0 Å². The molecule has 37 heavy (non-hydrogen) atoms. The van der Waals surface area contributed by atoms with Crippen LogP contribution in [0.25, 0.3) is 0 Å². The first-order valence-electron chi connectivity index (χ1n) is 12.3. The number of likely N-dealkylation sites (tertiary alicyclic amines) is 1. The lowest BCUT2D eigenvalue weighted by atomic mass is 9.87. The third kappa shape index (κ3) is 6.49. The number of nitrogens with zero attached hydrogens (tertiary/aromatic N) is 2. The van der Waals surface area contributed by atoms with Crippen molar-refractivity contribution in [3.05, 3.63) is 70.8 Å². The Labute approximate surface area is 213 Å². The molecule has 0 aliphatic carbocycles. The van der Waals surface area contributed by atoms with Gasteiger partial charge in [-0.3, -0.25) is 14.4 Å². The summed E-state index contributed by atoms with van der Waals surface area (Å²) >= 11 is 0. The van der Waals surface area contributed by atoms with Gasteiger partial charge in [0.05, 0.1) is 18.8 Å². The highest BCUT2D eigenvalue weighted by atomic mass is 19.4. The van der Waals surface area contributed by atoms with Crippen molar-refractivity contribution in [2.24, 2.45) is 5.92 Å². The maximum Gasteiger partial charge on any atom is 0.416 e. The first-order chi connectivity index (χ1) is 17.6. The van der Waals surface area contributed by atoms with E-state index in [0.29, 0.717) is 57.8 Å². The SMILES string of the molecule is Cc1cccc(C(=O)NC(C(=O)N2CCOCC2)C2CCN(C(=O)c3ccc(C(F)(F)F)cc3)CC2)c1. The molecule has 2 aliphatic heterocycles. The van der Waals surface area contributed by atoms with Crippen molar-refractivity contribution in [1.82, 2.24) is 15.1 Å². The molecule has 0 radical (unpaired) electrons. The van der Waals surface area contributed by atoms with Crippen LogP contribution in [0.15, 0.2) is 48.5 Å². The molecule has 7 nitrogen and oxygen atoms in total. The van der Waals surface area contributed by atoms with Crippen LogP contribution in [0, 0.1) is 12.8 Å². The van der Waals surface area contributed by atoms with Crippen LogP contribution in [-0.2, 0) is 15.7 Å². The summed E-state index contributed by atoms with van der Waals surface area (Å²) in [6.07, 6.45) is -3.52. The number of benzene rings is 2. The molecule has 1 N–H and O–H groups in total. The van der Waals surface area contributed by atoms with Crippen LogP contribution in [0.3, 0.4) is 0 Å². The Balaban J connectivity index is 1.45. The van der Waals surface area contributed by atoms with Gasteiger partial charge in [-0.25, -0.2) is 0 Å². The van der Waals surface area contributed by atoms with E-state index in [-0.39, 0.29) is 29.2 Å². The first-order valence-corrected chi connectivity index (χ1v) is 12.3. The summed E-state index contributed by atoms with van der Waals surface area (Å²) in [5.74, 6) is -1.05. The normalized spacial score (nSPS) is 17.8. The molecule has 2 heterocycles. The third-order valence-corrected chi connectivity index (χ3v) is 6.91. The van der Waals surface area contributed by atoms with Gasteiger partial charge in [0, 0.05) is 37.3 Å². The van der Waals surface area contributed by atoms with Gasteiger partial charge in [0.15, 0.2) is 0 Å². The molecule has 2 aromatic rings. The second-order valence-electron chi connectivity index (χ2n) is 9.46. The molecule has 198 valence electrons. The maximum atomic E-state index is 13.5. The van der Waals surface area contributed by atoms with Crippen molar-refractivity contribution in [2.45, 2.75) is 32.0 Å². The second kappa shape index (κ2) is 11.3.